The Morgan fingerprint density at radius 2 is 2.20 bits per heavy atom. The molecule has 2 rings (SSSR count). The van der Waals surface area contributed by atoms with Crippen molar-refractivity contribution in [3.8, 4) is 0 Å². The summed E-state index contributed by atoms with van der Waals surface area (Å²) in [5.41, 5.74) is 0.193. The summed E-state index contributed by atoms with van der Waals surface area (Å²) < 4.78 is 14.9. The fraction of sp³-hybridized carbons (Fsp3) is 0.154. The topological polar surface area (TPSA) is 29.1 Å². The van der Waals surface area contributed by atoms with Crippen LogP contribution < -0.4 is 5.32 Å². The molecule has 7 heteroatoms. The predicted octanol–water partition coefficient (Wildman–Crippen LogP) is 5.18. The number of thioether (sulfide) groups is 1. The molecule has 0 aliphatic rings. The highest BCUT2D eigenvalue weighted by atomic mass is 79.9. The minimum atomic E-state index is -0.456. The molecule has 20 heavy (non-hydrogen) atoms. The molecule has 0 atom stereocenters. The van der Waals surface area contributed by atoms with E-state index in [-0.39, 0.29) is 17.3 Å². The molecule has 2 aromatic rings. The van der Waals surface area contributed by atoms with Gasteiger partial charge in [0.05, 0.1) is 15.8 Å². The Kier molecular flexibility index (Phi) is 5.89. The normalized spacial score (nSPS) is 10.6. The van der Waals surface area contributed by atoms with Gasteiger partial charge in [-0.15, -0.1) is 23.1 Å². The second-order valence-electron chi connectivity index (χ2n) is 3.87. The largest absolute Gasteiger partial charge is 0.323 e. The van der Waals surface area contributed by atoms with Crippen LogP contribution in [0.25, 0.3) is 0 Å². The van der Waals surface area contributed by atoms with Crippen molar-refractivity contribution in [2.45, 2.75) is 5.75 Å². The summed E-state index contributed by atoms with van der Waals surface area (Å²) in [7, 11) is 0. The van der Waals surface area contributed by atoms with Crippen LogP contribution in [0.3, 0.4) is 0 Å². The maximum Gasteiger partial charge on any atom is 0.234 e. The fourth-order valence-electron chi connectivity index (χ4n) is 1.45. The molecular weight excluding hydrogens is 385 g/mol. The predicted molar refractivity (Wildman–Crippen MR) is 88.2 cm³/mol. The van der Waals surface area contributed by atoms with E-state index in [4.69, 9.17) is 11.6 Å². The standard InChI is InChI=1S/C13H10BrClFNOS2/c14-8-1-3-11(10(16)5-8)17-13(18)7-19-6-9-2-4-12(15)20-9/h1-5H,6-7H2,(H,17,18). The van der Waals surface area contributed by atoms with E-state index in [2.05, 4.69) is 21.2 Å². The number of carbonyl (C=O) groups excluding carboxylic acids is 1. The van der Waals surface area contributed by atoms with E-state index >= 15 is 0 Å². The molecule has 0 aliphatic carbocycles. The molecule has 0 fully saturated rings. The average Bonchev–Trinajstić information content (AvgIpc) is 2.79. The Morgan fingerprint density at radius 3 is 2.85 bits per heavy atom. The summed E-state index contributed by atoms with van der Waals surface area (Å²) in [5.74, 6) is 0.306. The minimum Gasteiger partial charge on any atom is -0.323 e. The lowest BCUT2D eigenvalue weighted by Crippen LogP contribution is -2.15. The molecule has 1 heterocycles. The lowest BCUT2D eigenvalue weighted by atomic mass is 10.3. The molecule has 0 saturated carbocycles. The van der Waals surface area contributed by atoms with Gasteiger partial charge < -0.3 is 5.32 Å². The number of anilines is 1. The van der Waals surface area contributed by atoms with Crippen molar-refractivity contribution in [1.29, 1.82) is 0 Å². The van der Waals surface area contributed by atoms with Crippen molar-refractivity contribution in [1.82, 2.24) is 0 Å². The number of rotatable bonds is 5. The van der Waals surface area contributed by atoms with Gasteiger partial charge >= 0.3 is 0 Å². The maximum absolute atomic E-state index is 13.5. The molecule has 106 valence electrons. The van der Waals surface area contributed by atoms with Crippen molar-refractivity contribution < 1.29 is 9.18 Å². The van der Waals surface area contributed by atoms with Gasteiger partial charge in [-0.2, -0.15) is 0 Å². The van der Waals surface area contributed by atoms with E-state index in [9.17, 15) is 9.18 Å². The van der Waals surface area contributed by atoms with Crippen LogP contribution in [0.2, 0.25) is 4.34 Å². The van der Waals surface area contributed by atoms with Crippen molar-refractivity contribution in [2.24, 2.45) is 0 Å². The van der Waals surface area contributed by atoms with E-state index in [0.29, 0.717) is 10.2 Å². The lowest BCUT2D eigenvalue weighted by molar-refractivity contribution is -0.113. The summed E-state index contributed by atoms with van der Waals surface area (Å²) in [6.07, 6.45) is 0. The van der Waals surface area contributed by atoms with E-state index in [0.717, 1.165) is 9.21 Å². The van der Waals surface area contributed by atoms with Gasteiger partial charge in [0.25, 0.3) is 0 Å². The Hall–Kier alpha value is -0.560. The van der Waals surface area contributed by atoms with Crippen LogP contribution in [0, 0.1) is 5.82 Å². The summed E-state index contributed by atoms with van der Waals surface area (Å²) in [6.45, 7) is 0. The molecule has 1 amide bonds. The van der Waals surface area contributed by atoms with Crippen LogP contribution in [0.1, 0.15) is 4.88 Å². The zero-order valence-electron chi connectivity index (χ0n) is 10.2. The van der Waals surface area contributed by atoms with Gasteiger partial charge in [-0.3, -0.25) is 4.79 Å². The molecule has 0 aliphatic heterocycles. The van der Waals surface area contributed by atoms with Crippen molar-refractivity contribution >= 4 is 62.2 Å². The van der Waals surface area contributed by atoms with Gasteiger partial charge in [-0.25, -0.2) is 4.39 Å². The number of thiophene rings is 1. The first kappa shape index (κ1) is 15.8. The van der Waals surface area contributed by atoms with Gasteiger partial charge in [-0.05, 0) is 30.3 Å². The first-order valence-corrected chi connectivity index (χ1v) is 8.75. The van der Waals surface area contributed by atoms with E-state index in [1.165, 1.54) is 35.2 Å². The van der Waals surface area contributed by atoms with E-state index in [1.807, 2.05) is 12.1 Å². The summed E-state index contributed by atoms with van der Waals surface area (Å²) in [5, 5.41) is 2.55. The zero-order valence-corrected chi connectivity index (χ0v) is 14.1. The Bertz CT molecular complexity index is 620. The highest BCUT2D eigenvalue weighted by Crippen LogP contribution is 2.25. The van der Waals surface area contributed by atoms with Crippen molar-refractivity contribution in [2.75, 3.05) is 11.1 Å². The first-order chi connectivity index (χ1) is 9.54. The van der Waals surface area contributed by atoms with Crippen molar-refractivity contribution in [3.05, 3.63) is 49.8 Å². The Labute approximate surface area is 137 Å². The number of carbonyl (C=O) groups is 1. The summed E-state index contributed by atoms with van der Waals surface area (Å²) >= 11 is 11.9. The molecule has 0 bridgehead atoms. The van der Waals surface area contributed by atoms with Crippen LogP contribution in [-0.2, 0) is 10.5 Å². The number of amides is 1. The van der Waals surface area contributed by atoms with Crippen LogP contribution in [0.15, 0.2) is 34.8 Å². The minimum absolute atomic E-state index is 0.193. The Morgan fingerprint density at radius 1 is 1.40 bits per heavy atom. The van der Waals surface area contributed by atoms with Gasteiger partial charge in [0.15, 0.2) is 0 Å². The van der Waals surface area contributed by atoms with Crippen LogP contribution in [0.4, 0.5) is 10.1 Å². The van der Waals surface area contributed by atoms with E-state index in [1.54, 1.807) is 6.07 Å². The monoisotopic (exact) mass is 393 g/mol. The van der Waals surface area contributed by atoms with Gasteiger partial charge in [0, 0.05) is 15.1 Å². The van der Waals surface area contributed by atoms with Crippen LogP contribution in [0.5, 0.6) is 0 Å². The van der Waals surface area contributed by atoms with Crippen molar-refractivity contribution in [3.63, 3.8) is 0 Å². The highest BCUT2D eigenvalue weighted by Gasteiger charge is 2.08. The molecular formula is C13H10BrClFNOS2. The molecule has 0 unspecified atom stereocenters. The molecule has 0 spiro atoms. The van der Waals surface area contributed by atoms with Gasteiger partial charge in [-0.1, -0.05) is 27.5 Å². The van der Waals surface area contributed by atoms with Crippen LogP contribution in [-0.4, -0.2) is 11.7 Å². The molecule has 0 saturated heterocycles. The fourth-order valence-corrected chi connectivity index (χ4v) is 3.81. The second-order valence-corrected chi connectivity index (χ2v) is 7.57. The second kappa shape index (κ2) is 7.45. The smallest absolute Gasteiger partial charge is 0.234 e. The zero-order chi connectivity index (χ0) is 14.5. The molecule has 2 nitrogen and oxygen atoms in total. The molecule has 0 radical (unpaired) electrons. The van der Waals surface area contributed by atoms with Gasteiger partial charge in [0.1, 0.15) is 5.82 Å². The Balaban J connectivity index is 1.80. The summed E-state index contributed by atoms with van der Waals surface area (Å²) in [4.78, 5) is 12.8. The number of benzene rings is 1. The average molecular weight is 395 g/mol. The van der Waals surface area contributed by atoms with Gasteiger partial charge in [0.2, 0.25) is 5.91 Å². The third kappa shape index (κ3) is 4.77. The highest BCUT2D eigenvalue weighted by molar-refractivity contribution is 9.10. The quantitative estimate of drug-likeness (QED) is 0.757. The summed E-state index contributed by atoms with van der Waals surface area (Å²) in [6, 6.07) is 8.29. The molecule has 1 aromatic carbocycles. The molecule has 1 aromatic heterocycles. The number of hydrogen-bond donors (Lipinski definition) is 1. The SMILES string of the molecule is O=C(CSCc1ccc(Cl)s1)Nc1ccc(Br)cc1F. The third-order valence-electron chi connectivity index (χ3n) is 2.31. The maximum atomic E-state index is 13.5. The van der Waals surface area contributed by atoms with E-state index < -0.39 is 5.82 Å². The number of halogens is 3. The third-order valence-corrected chi connectivity index (χ3v) is 5.20. The molecule has 1 N–H and O–H groups in total. The first-order valence-electron chi connectivity index (χ1n) is 5.61. The van der Waals surface area contributed by atoms with Crippen LogP contribution >= 0.6 is 50.6 Å². The number of nitrogens with one attached hydrogen (secondary N) is 1. The lowest BCUT2D eigenvalue weighted by Gasteiger charge is -2.06. The number of hydrogen-bond acceptors (Lipinski definition) is 3.